The quantitative estimate of drug-likeness (QED) is 0.838. The van der Waals surface area contributed by atoms with Gasteiger partial charge in [0.05, 0.1) is 18.4 Å². The predicted molar refractivity (Wildman–Crippen MR) is 73.6 cm³/mol. The van der Waals surface area contributed by atoms with Crippen molar-refractivity contribution in [2.75, 3.05) is 25.1 Å². The van der Waals surface area contributed by atoms with Gasteiger partial charge in [0.1, 0.15) is 5.82 Å². The van der Waals surface area contributed by atoms with Crippen molar-refractivity contribution in [1.29, 1.82) is 0 Å². The molecule has 0 spiro atoms. The van der Waals surface area contributed by atoms with Crippen molar-refractivity contribution in [3.63, 3.8) is 0 Å². The molecule has 1 unspecified atom stereocenters. The largest absolute Gasteiger partial charge is 0.394 e. The zero-order chi connectivity index (χ0) is 14.2. The summed E-state index contributed by atoms with van der Waals surface area (Å²) in [6.45, 7) is 5.96. The number of nitrogens with zero attached hydrogens (tertiary/aromatic N) is 4. The van der Waals surface area contributed by atoms with Crippen LogP contribution in [0, 0.1) is 20.8 Å². The molecule has 0 bridgehead atoms. The highest BCUT2D eigenvalue weighted by atomic mass is 16.3. The minimum absolute atomic E-state index is 0.255. The number of aromatic nitrogens is 3. The van der Waals surface area contributed by atoms with Crippen molar-refractivity contribution >= 4 is 11.5 Å². The number of rotatable bonds is 4. The van der Waals surface area contributed by atoms with E-state index in [9.17, 15) is 5.11 Å². The standard InChI is InChI=1S/C13H20N4O2/c1-8-5-12(16(4)6-11(19)7-18)17-13(14-8)9(2)10(3)15-17/h5,11,18-19H,6-7H2,1-4H3. The lowest BCUT2D eigenvalue weighted by Crippen LogP contribution is -2.32. The number of aryl methyl sites for hydroxylation is 3. The molecule has 0 aliphatic heterocycles. The fraction of sp³-hybridized carbons (Fsp3) is 0.538. The Bertz CT molecular complexity index is 594. The number of anilines is 1. The van der Waals surface area contributed by atoms with Crippen LogP contribution in [-0.2, 0) is 0 Å². The molecule has 1 atom stereocenters. The smallest absolute Gasteiger partial charge is 0.160 e. The summed E-state index contributed by atoms with van der Waals surface area (Å²) in [4.78, 5) is 6.37. The first kappa shape index (κ1) is 13.8. The van der Waals surface area contributed by atoms with E-state index in [2.05, 4.69) is 10.1 Å². The number of aliphatic hydroxyl groups is 2. The van der Waals surface area contributed by atoms with Gasteiger partial charge in [0.15, 0.2) is 5.65 Å². The fourth-order valence-electron chi connectivity index (χ4n) is 2.07. The first-order chi connectivity index (χ1) is 8.93. The molecule has 6 nitrogen and oxygen atoms in total. The van der Waals surface area contributed by atoms with Gasteiger partial charge in [0.25, 0.3) is 0 Å². The van der Waals surface area contributed by atoms with Gasteiger partial charge >= 0.3 is 0 Å². The molecule has 0 fully saturated rings. The summed E-state index contributed by atoms with van der Waals surface area (Å²) in [6, 6.07) is 1.92. The molecule has 2 aromatic heterocycles. The molecule has 2 aromatic rings. The van der Waals surface area contributed by atoms with Crippen LogP contribution in [0.1, 0.15) is 17.0 Å². The molecular formula is C13H20N4O2. The summed E-state index contributed by atoms with van der Waals surface area (Å²) >= 11 is 0. The molecule has 6 heteroatoms. The summed E-state index contributed by atoms with van der Waals surface area (Å²) in [5.41, 5.74) is 3.73. The maximum absolute atomic E-state index is 9.55. The minimum atomic E-state index is -0.772. The minimum Gasteiger partial charge on any atom is -0.394 e. The Morgan fingerprint density at radius 2 is 2.05 bits per heavy atom. The Morgan fingerprint density at radius 3 is 2.68 bits per heavy atom. The van der Waals surface area contributed by atoms with Crippen molar-refractivity contribution in [1.82, 2.24) is 14.6 Å². The zero-order valence-electron chi connectivity index (χ0n) is 11.8. The summed E-state index contributed by atoms with van der Waals surface area (Å²) < 4.78 is 1.78. The normalized spacial score (nSPS) is 12.9. The Balaban J connectivity index is 2.50. The van der Waals surface area contributed by atoms with E-state index in [0.717, 1.165) is 28.4 Å². The first-order valence-corrected chi connectivity index (χ1v) is 6.27. The molecular weight excluding hydrogens is 244 g/mol. The van der Waals surface area contributed by atoms with Crippen LogP contribution in [0.3, 0.4) is 0 Å². The second-order valence-corrected chi connectivity index (χ2v) is 4.92. The van der Waals surface area contributed by atoms with Crippen molar-refractivity contribution in [2.24, 2.45) is 0 Å². The van der Waals surface area contributed by atoms with Crippen LogP contribution >= 0.6 is 0 Å². The van der Waals surface area contributed by atoms with E-state index in [1.165, 1.54) is 0 Å². The summed E-state index contributed by atoms with van der Waals surface area (Å²) in [6.07, 6.45) is -0.772. The van der Waals surface area contributed by atoms with Crippen molar-refractivity contribution in [3.8, 4) is 0 Å². The number of aliphatic hydroxyl groups excluding tert-OH is 2. The van der Waals surface area contributed by atoms with Crippen molar-refractivity contribution < 1.29 is 10.2 Å². The van der Waals surface area contributed by atoms with E-state index in [0.29, 0.717) is 6.54 Å². The SMILES string of the molecule is Cc1cc(N(C)CC(O)CO)n2nc(C)c(C)c2n1. The van der Waals surface area contributed by atoms with E-state index in [1.807, 2.05) is 38.8 Å². The molecule has 19 heavy (non-hydrogen) atoms. The molecule has 2 heterocycles. The Hall–Kier alpha value is -1.66. The molecule has 0 radical (unpaired) electrons. The summed E-state index contributed by atoms with van der Waals surface area (Å²) in [5, 5.41) is 23.0. The van der Waals surface area contributed by atoms with Gasteiger partial charge in [-0.2, -0.15) is 9.61 Å². The molecule has 2 rings (SSSR count). The average molecular weight is 264 g/mol. The van der Waals surface area contributed by atoms with E-state index in [4.69, 9.17) is 5.11 Å². The van der Waals surface area contributed by atoms with Crippen LogP contribution in [0.2, 0.25) is 0 Å². The highest BCUT2D eigenvalue weighted by Crippen LogP contribution is 2.20. The third-order valence-corrected chi connectivity index (χ3v) is 3.25. The van der Waals surface area contributed by atoms with Gasteiger partial charge in [0.2, 0.25) is 0 Å². The van der Waals surface area contributed by atoms with E-state index < -0.39 is 6.10 Å². The predicted octanol–water partition coefficient (Wildman–Crippen LogP) is 0.444. The van der Waals surface area contributed by atoms with E-state index >= 15 is 0 Å². The lowest BCUT2D eigenvalue weighted by atomic mass is 10.3. The molecule has 0 amide bonds. The number of hydrogen-bond donors (Lipinski definition) is 2. The Morgan fingerprint density at radius 1 is 1.37 bits per heavy atom. The van der Waals surface area contributed by atoms with Crippen LogP contribution in [0.15, 0.2) is 6.07 Å². The van der Waals surface area contributed by atoms with Crippen LogP contribution in [0.4, 0.5) is 5.82 Å². The van der Waals surface area contributed by atoms with Gasteiger partial charge in [0, 0.05) is 30.9 Å². The highest BCUT2D eigenvalue weighted by Gasteiger charge is 2.15. The molecule has 0 aliphatic rings. The van der Waals surface area contributed by atoms with Crippen LogP contribution in [0.25, 0.3) is 5.65 Å². The lowest BCUT2D eigenvalue weighted by Gasteiger charge is -2.22. The molecule has 0 saturated carbocycles. The lowest BCUT2D eigenvalue weighted by molar-refractivity contribution is 0.101. The second kappa shape index (κ2) is 5.14. The topological polar surface area (TPSA) is 73.9 Å². The maximum Gasteiger partial charge on any atom is 0.160 e. The number of hydrogen-bond acceptors (Lipinski definition) is 5. The Labute approximate surface area is 112 Å². The summed E-state index contributed by atoms with van der Waals surface area (Å²) in [5.74, 6) is 0.853. The molecule has 0 saturated heterocycles. The Kier molecular flexibility index (Phi) is 3.73. The zero-order valence-corrected chi connectivity index (χ0v) is 11.8. The van der Waals surface area contributed by atoms with Gasteiger partial charge in [-0.25, -0.2) is 4.98 Å². The molecule has 2 N–H and O–H groups in total. The van der Waals surface area contributed by atoms with Gasteiger partial charge in [-0.1, -0.05) is 0 Å². The molecule has 0 aromatic carbocycles. The van der Waals surface area contributed by atoms with Crippen LogP contribution < -0.4 is 4.90 Å². The van der Waals surface area contributed by atoms with E-state index in [-0.39, 0.29) is 6.61 Å². The third-order valence-electron chi connectivity index (χ3n) is 3.25. The maximum atomic E-state index is 9.55. The monoisotopic (exact) mass is 264 g/mol. The third kappa shape index (κ3) is 2.54. The van der Waals surface area contributed by atoms with Gasteiger partial charge < -0.3 is 15.1 Å². The number of likely N-dealkylation sites (N-methyl/N-ethyl adjacent to an activating group) is 1. The van der Waals surface area contributed by atoms with Crippen LogP contribution in [-0.4, -0.2) is 51.1 Å². The molecule has 0 aliphatic carbocycles. The van der Waals surface area contributed by atoms with Crippen LogP contribution in [0.5, 0.6) is 0 Å². The van der Waals surface area contributed by atoms with Gasteiger partial charge in [-0.05, 0) is 20.8 Å². The van der Waals surface area contributed by atoms with Gasteiger partial charge in [-0.15, -0.1) is 0 Å². The number of fused-ring (bicyclic) bond motifs is 1. The summed E-state index contributed by atoms with van der Waals surface area (Å²) in [7, 11) is 1.86. The van der Waals surface area contributed by atoms with Crippen molar-refractivity contribution in [2.45, 2.75) is 26.9 Å². The van der Waals surface area contributed by atoms with Gasteiger partial charge in [-0.3, -0.25) is 0 Å². The highest BCUT2D eigenvalue weighted by molar-refractivity contribution is 5.56. The molecule has 104 valence electrons. The average Bonchev–Trinajstić information content (AvgIpc) is 2.65. The second-order valence-electron chi connectivity index (χ2n) is 4.92. The van der Waals surface area contributed by atoms with E-state index in [1.54, 1.807) is 4.52 Å². The first-order valence-electron chi connectivity index (χ1n) is 6.27. The van der Waals surface area contributed by atoms with Crippen molar-refractivity contribution in [3.05, 3.63) is 23.0 Å². The fourth-order valence-corrected chi connectivity index (χ4v) is 2.07.